The molecule has 0 saturated carbocycles. The fourth-order valence-corrected chi connectivity index (χ4v) is 2.80. The van der Waals surface area contributed by atoms with Crippen molar-refractivity contribution >= 4 is 11.9 Å². The molecule has 0 bridgehead atoms. The van der Waals surface area contributed by atoms with E-state index >= 15 is 0 Å². The lowest BCUT2D eigenvalue weighted by Gasteiger charge is -2.24. The molecule has 26 heavy (non-hydrogen) atoms. The number of aliphatic imine (C=N–C) groups is 1. The van der Waals surface area contributed by atoms with E-state index in [0.29, 0.717) is 0 Å². The van der Waals surface area contributed by atoms with Crippen LogP contribution in [0.4, 0.5) is 13.6 Å². The lowest BCUT2D eigenvalue weighted by atomic mass is 9.91. The van der Waals surface area contributed by atoms with E-state index in [1.54, 1.807) is 0 Å². The van der Waals surface area contributed by atoms with Gasteiger partial charge in [-0.1, -0.05) is 0 Å². The summed E-state index contributed by atoms with van der Waals surface area (Å²) >= 11 is 0. The zero-order chi connectivity index (χ0) is 19.3. The van der Waals surface area contributed by atoms with Gasteiger partial charge in [0.1, 0.15) is 23.2 Å². The van der Waals surface area contributed by atoms with Crippen LogP contribution in [-0.2, 0) is 9.47 Å². The molecule has 2 rings (SSSR count). The summed E-state index contributed by atoms with van der Waals surface area (Å²) in [6.07, 6.45) is -1.92. The summed E-state index contributed by atoms with van der Waals surface area (Å²) in [7, 11) is 4.19. The number of halogens is 2. The maximum Gasteiger partial charge on any atom is 0.405 e. The van der Waals surface area contributed by atoms with Crippen LogP contribution in [0.5, 0.6) is 5.75 Å². The van der Waals surface area contributed by atoms with Crippen molar-refractivity contribution in [2.24, 2.45) is 4.99 Å². The number of carbonyl (C=O) groups is 1. The van der Waals surface area contributed by atoms with Crippen molar-refractivity contribution in [1.29, 1.82) is 0 Å². The molecule has 0 saturated heterocycles. The molecule has 3 N–H and O–H groups in total. The Kier molecular flexibility index (Phi) is 6.70. The van der Waals surface area contributed by atoms with E-state index < -0.39 is 36.0 Å². The number of amides is 1. The van der Waals surface area contributed by atoms with Crippen LogP contribution < -0.4 is 15.4 Å². The zero-order valence-corrected chi connectivity index (χ0v) is 14.6. The Bertz CT molecular complexity index is 659. The highest BCUT2D eigenvalue weighted by molar-refractivity contribution is 5.92. The molecule has 10 heteroatoms. The van der Waals surface area contributed by atoms with Crippen LogP contribution in [0.3, 0.4) is 0 Å². The molecule has 1 aliphatic rings. The smallest absolute Gasteiger partial charge is 0.405 e. The summed E-state index contributed by atoms with van der Waals surface area (Å²) in [6, 6.07) is 1.15. The molecule has 144 valence electrons. The van der Waals surface area contributed by atoms with Gasteiger partial charge in [0, 0.05) is 37.8 Å². The molecule has 0 aliphatic carbocycles. The second kappa shape index (κ2) is 8.77. The van der Waals surface area contributed by atoms with Gasteiger partial charge in [0.05, 0.1) is 26.2 Å². The van der Waals surface area contributed by atoms with Gasteiger partial charge in [-0.3, -0.25) is 4.99 Å². The number of hydrogen-bond donors (Lipinski definition) is 3. The molecule has 1 aromatic rings. The quantitative estimate of drug-likeness (QED) is 0.623. The van der Waals surface area contributed by atoms with Gasteiger partial charge in [-0.25, -0.2) is 13.6 Å². The monoisotopic (exact) mass is 373 g/mol. The predicted molar refractivity (Wildman–Crippen MR) is 88.7 cm³/mol. The number of rotatable bonds is 7. The summed E-state index contributed by atoms with van der Waals surface area (Å²) in [5, 5.41) is 14.3. The topological polar surface area (TPSA) is 101 Å². The third kappa shape index (κ3) is 4.38. The Morgan fingerprint density at radius 1 is 1.31 bits per heavy atom. The molecule has 8 nitrogen and oxygen atoms in total. The molecule has 1 amide bonds. The maximum atomic E-state index is 14.4. The average Bonchev–Trinajstić information content (AvgIpc) is 2.97. The van der Waals surface area contributed by atoms with Crippen LogP contribution >= 0.6 is 0 Å². The number of ether oxygens (including phenoxy) is 3. The van der Waals surface area contributed by atoms with Gasteiger partial charge < -0.3 is 30.0 Å². The van der Waals surface area contributed by atoms with E-state index in [9.17, 15) is 13.6 Å². The largest absolute Gasteiger partial charge is 0.497 e. The van der Waals surface area contributed by atoms with Gasteiger partial charge >= 0.3 is 6.09 Å². The van der Waals surface area contributed by atoms with Crippen molar-refractivity contribution in [2.75, 3.05) is 34.4 Å². The standard InChI is InChI=1S/C16H21F2N3O5/c1-24-8-4-10(17)13(11(18)5-8)9-6-19-15(14(9)21-16(22)23)20-7-12(25-2)26-3/h4-5,9,12,14,21H,6-7H2,1-3H3,(H,19,20)(H,22,23)/t9-,14-/m0/s1. The number of methoxy groups -OCH3 is 3. The van der Waals surface area contributed by atoms with Crippen molar-refractivity contribution in [2.45, 2.75) is 18.2 Å². The van der Waals surface area contributed by atoms with Crippen molar-refractivity contribution in [3.05, 3.63) is 29.3 Å². The summed E-state index contributed by atoms with van der Waals surface area (Å²) in [5.41, 5.74) is -0.250. The first-order chi connectivity index (χ1) is 12.4. The fraction of sp³-hybridized carbons (Fsp3) is 0.500. The third-order valence-corrected chi connectivity index (χ3v) is 4.07. The average molecular weight is 373 g/mol. The molecule has 2 atom stereocenters. The Morgan fingerprint density at radius 3 is 2.42 bits per heavy atom. The van der Waals surface area contributed by atoms with E-state index in [1.165, 1.54) is 21.3 Å². The minimum atomic E-state index is -1.33. The molecule has 0 radical (unpaired) electrons. The van der Waals surface area contributed by atoms with Crippen LogP contribution in [0.2, 0.25) is 0 Å². The SMILES string of the molecule is COc1cc(F)c([C@@H]2CN=C(NCC(OC)OC)[C@H]2NC(=O)O)c(F)c1. The molecular formula is C16H21F2N3O5. The second-order valence-corrected chi connectivity index (χ2v) is 5.55. The highest BCUT2D eigenvalue weighted by Crippen LogP contribution is 2.32. The number of amidine groups is 1. The van der Waals surface area contributed by atoms with Gasteiger partial charge in [0.25, 0.3) is 0 Å². The first-order valence-corrected chi connectivity index (χ1v) is 7.77. The number of carboxylic acid groups (broad SMARTS) is 1. The molecule has 0 spiro atoms. The first-order valence-electron chi connectivity index (χ1n) is 7.77. The molecular weight excluding hydrogens is 352 g/mol. The van der Waals surface area contributed by atoms with Gasteiger partial charge in [-0.05, 0) is 0 Å². The van der Waals surface area contributed by atoms with Gasteiger partial charge in [0.2, 0.25) is 0 Å². The Hall–Kier alpha value is -2.46. The van der Waals surface area contributed by atoms with Crippen LogP contribution in [0, 0.1) is 11.6 Å². The summed E-state index contributed by atoms with van der Waals surface area (Å²) in [4.78, 5) is 15.3. The maximum absolute atomic E-state index is 14.4. The number of benzene rings is 1. The van der Waals surface area contributed by atoms with E-state index in [4.69, 9.17) is 19.3 Å². The fourth-order valence-electron chi connectivity index (χ4n) is 2.80. The zero-order valence-electron chi connectivity index (χ0n) is 14.6. The van der Waals surface area contributed by atoms with Gasteiger partial charge in [0.15, 0.2) is 6.29 Å². The van der Waals surface area contributed by atoms with Crippen LogP contribution in [0.25, 0.3) is 0 Å². The highest BCUT2D eigenvalue weighted by Gasteiger charge is 2.37. The molecule has 0 unspecified atom stereocenters. The van der Waals surface area contributed by atoms with Crippen LogP contribution in [0.15, 0.2) is 17.1 Å². The lowest BCUT2D eigenvalue weighted by Crippen LogP contribution is -2.49. The van der Waals surface area contributed by atoms with Gasteiger partial charge in [-0.2, -0.15) is 0 Å². The van der Waals surface area contributed by atoms with E-state index in [2.05, 4.69) is 15.6 Å². The molecule has 1 heterocycles. The molecule has 0 aromatic heterocycles. The van der Waals surface area contributed by atoms with E-state index in [1.807, 2.05) is 0 Å². The van der Waals surface area contributed by atoms with Crippen LogP contribution in [0.1, 0.15) is 11.5 Å². The second-order valence-electron chi connectivity index (χ2n) is 5.55. The van der Waals surface area contributed by atoms with Crippen LogP contribution in [-0.4, -0.2) is 63.8 Å². The van der Waals surface area contributed by atoms with Gasteiger partial charge in [-0.15, -0.1) is 0 Å². The Labute approximate surface area is 149 Å². The minimum Gasteiger partial charge on any atom is -0.497 e. The van der Waals surface area contributed by atoms with Crippen molar-refractivity contribution in [3.63, 3.8) is 0 Å². The summed E-state index contributed by atoms with van der Waals surface area (Å²) < 4.78 is 43.7. The Morgan fingerprint density at radius 2 is 1.92 bits per heavy atom. The highest BCUT2D eigenvalue weighted by atomic mass is 19.1. The minimum absolute atomic E-state index is 0.0120. The van der Waals surface area contributed by atoms with Crippen molar-refractivity contribution < 1.29 is 32.9 Å². The predicted octanol–water partition coefficient (Wildman–Crippen LogP) is 1.31. The first kappa shape index (κ1) is 19.9. The summed E-state index contributed by atoms with van der Waals surface area (Å²) in [5.74, 6) is -2.21. The number of nitrogens with zero attached hydrogens (tertiary/aromatic N) is 1. The van der Waals surface area contributed by atoms with Crippen molar-refractivity contribution in [1.82, 2.24) is 10.6 Å². The van der Waals surface area contributed by atoms with E-state index in [0.717, 1.165) is 12.1 Å². The molecule has 1 aromatic carbocycles. The lowest BCUT2D eigenvalue weighted by molar-refractivity contribution is -0.0966. The Balaban J connectivity index is 2.26. The third-order valence-electron chi connectivity index (χ3n) is 4.07. The summed E-state index contributed by atoms with van der Waals surface area (Å²) in [6.45, 7) is 0.196. The molecule has 0 fully saturated rings. The molecule has 1 aliphatic heterocycles. The van der Waals surface area contributed by atoms with E-state index in [-0.39, 0.29) is 30.2 Å². The number of nitrogens with one attached hydrogen (secondary N) is 2. The van der Waals surface area contributed by atoms with Crippen molar-refractivity contribution in [3.8, 4) is 5.75 Å². The normalized spacial score (nSPS) is 19.4. The number of hydrogen-bond acceptors (Lipinski definition) is 6.